The molecule has 1 N–H and O–H groups in total. The van der Waals surface area contributed by atoms with Gasteiger partial charge in [-0.15, -0.1) is 0 Å². The van der Waals surface area contributed by atoms with Gasteiger partial charge in [-0.2, -0.15) is 0 Å². The molecule has 1 aromatic heterocycles. The molecule has 1 atom stereocenters. The van der Waals surface area contributed by atoms with Gasteiger partial charge in [-0.25, -0.2) is 0 Å². The van der Waals surface area contributed by atoms with E-state index in [2.05, 4.69) is 4.98 Å². The maximum atomic E-state index is 13.4. The Kier molecular flexibility index (Phi) is 7.92. The van der Waals surface area contributed by atoms with Crippen LogP contribution in [0, 0.1) is 6.92 Å². The van der Waals surface area contributed by atoms with Crippen molar-refractivity contribution in [3.63, 3.8) is 0 Å². The average Bonchev–Trinajstić information content (AvgIpc) is 3.26. The predicted molar refractivity (Wildman–Crippen MR) is 153 cm³/mol. The number of ketones is 1. The van der Waals surface area contributed by atoms with Gasteiger partial charge in [0.1, 0.15) is 23.9 Å². The predicted octanol–water partition coefficient (Wildman–Crippen LogP) is 6.38. The molecule has 1 aliphatic heterocycles. The van der Waals surface area contributed by atoms with Gasteiger partial charge in [-0.1, -0.05) is 43.3 Å². The van der Waals surface area contributed by atoms with Crippen LogP contribution < -0.4 is 14.4 Å². The van der Waals surface area contributed by atoms with Crippen LogP contribution in [0.15, 0.2) is 103 Å². The Balaban J connectivity index is 1.50. The molecule has 202 valence electrons. The fourth-order valence-corrected chi connectivity index (χ4v) is 4.72. The zero-order chi connectivity index (χ0) is 28.1. The normalized spacial score (nSPS) is 16.2. The van der Waals surface area contributed by atoms with Gasteiger partial charge in [0.25, 0.3) is 11.7 Å². The molecule has 1 amide bonds. The Labute approximate surface area is 233 Å². The Morgan fingerprint density at radius 1 is 0.950 bits per heavy atom. The summed E-state index contributed by atoms with van der Waals surface area (Å²) in [6, 6.07) is 24.7. The van der Waals surface area contributed by atoms with Crippen molar-refractivity contribution in [2.45, 2.75) is 32.9 Å². The largest absolute Gasteiger partial charge is 0.507 e. The second-order valence-electron chi connectivity index (χ2n) is 9.55. The van der Waals surface area contributed by atoms with Gasteiger partial charge < -0.3 is 14.6 Å². The molecule has 2 heterocycles. The summed E-state index contributed by atoms with van der Waals surface area (Å²) >= 11 is 0. The molecule has 0 bridgehead atoms. The first-order valence-electron chi connectivity index (χ1n) is 13.2. The standard InChI is InChI=1S/C33H30N2O5/c1-3-18-39-28-16-11-24(19-22(28)2)31(36)29-30(25-10-7-17-34-20-25)35(33(38)32(29)37)26-12-14-27(15-13-26)40-21-23-8-5-4-6-9-23/h4-17,19-20,30,36H,3,18,21H2,1-2H3/b31-29-. The van der Waals surface area contributed by atoms with Crippen LogP contribution in [-0.2, 0) is 16.2 Å². The quantitative estimate of drug-likeness (QED) is 0.152. The fourth-order valence-electron chi connectivity index (χ4n) is 4.72. The summed E-state index contributed by atoms with van der Waals surface area (Å²) in [5.74, 6) is -0.407. The molecular formula is C33H30N2O5. The first-order valence-corrected chi connectivity index (χ1v) is 13.2. The van der Waals surface area contributed by atoms with Gasteiger partial charge in [-0.05, 0) is 78.6 Å². The van der Waals surface area contributed by atoms with Crippen LogP contribution in [0.1, 0.15) is 41.6 Å². The lowest BCUT2D eigenvalue weighted by Crippen LogP contribution is -2.29. The van der Waals surface area contributed by atoms with Gasteiger partial charge >= 0.3 is 0 Å². The summed E-state index contributed by atoms with van der Waals surface area (Å²) in [6.45, 7) is 4.88. The highest BCUT2D eigenvalue weighted by atomic mass is 16.5. The van der Waals surface area contributed by atoms with E-state index in [0.29, 0.717) is 41.5 Å². The van der Waals surface area contributed by atoms with Crippen LogP contribution in [0.5, 0.6) is 11.5 Å². The zero-order valence-electron chi connectivity index (χ0n) is 22.4. The molecule has 1 fully saturated rings. The lowest BCUT2D eigenvalue weighted by Gasteiger charge is -2.25. The lowest BCUT2D eigenvalue weighted by molar-refractivity contribution is -0.132. The molecule has 7 nitrogen and oxygen atoms in total. The third kappa shape index (κ3) is 5.45. The topological polar surface area (TPSA) is 89.0 Å². The number of amides is 1. The monoisotopic (exact) mass is 534 g/mol. The molecule has 0 aliphatic carbocycles. The van der Waals surface area contributed by atoms with Crippen molar-refractivity contribution in [3.8, 4) is 11.5 Å². The number of hydrogen-bond acceptors (Lipinski definition) is 6. The summed E-state index contributed by atoms with van der Waals surface area (Å²) in [4.78, 5) is 32.5. The molecule has 1 aliphatic rings. The van der Waals surface area contributed by atoms with Crippen molar-refractivity contribution in [2.75, 3.05) is 11.5 Å². The van der Waals surface area contributed by atoms with E-state index >= 15 is 0 Å². The highest BCUT2D eigenvalue weighted by molar-refractivity contribution is 6.51. The molecule has 3 aromatic carbocycles. The molecule has 0 saturated carbocycles. The molecule has 0 radical (unpaired) electrons. The smallest absolute Gasteiger partial charge is 0.300 e. The van der Waals surface area contributed by atoms with Crippen LogP contribution in [0.25, 0.3) is 5.76 Å². The van der Waals surface area contributed by atoms with E-state index < -0.39 is 17.7 Å². The van der Waals surface area contributed by atoms with E-state index in [1.807, 2.05) is 44.2 Å². The van der Waals surface area contributed by atoms with Crippen molar-refractivity contribution in [2.24, 2.45) is 0 Å². The summed E-state index contributed by atoms with van der Waals surface area (Å²) in [5, 5.41) is 11.4. The molecular weight excluding hydrogens is 504 g/mol. The van der Waals surface area contributed by atoms with Crippen molar-refractivity contribution < 1.29 is 24.2 Å². The average molecular weight is 535 g/mol. The van der Waals surface area contributed by atoms with Gasteiger partial charge in [0.2, 0.25) is 0 Å². The molecule has 40 heavy (non-hydrogen) atoms. The highest BCUT2D eigenvalue weighted by Gasteiger charge is 2.47. The number of Topliss-reactive ketones (excluding diaryl/α,β-unsaturated/α-hetero) is 1. The number of carbonyl (C=O) groups excluding carboxylic acids is 2. The molecule has 1 saturated heterocycles. The number of benzene rings is 3. The number of aliphatic hydroxyl groups excluding tert-OH is 1. The number of aryl methyl sites for hydroxylation is 1. The maximum absolute atomic E-state index is 13.4. The fraction of sp³-hybridized carbons (Fsp3) is 0.182. The number of aromatic nitrogens is 1. The van der Waals surface area contributed by atoms with Crippen LogP contribution in [-0.4, -0.2) is 28.4 Å². The number of anilines is 1. The number of hydrogen-bond donors (Lipinski definition) is 1. The number of pyridine rings is 1. The van der Waals surface area contributed by atoms with Gasteiger partial charge in [0.15, 0.2) is 0 Å². The van der Waals surface area contributed by atoms with Crippen molar-refractivity contribution in [1.82, 2.24) is 4.98 Å². The summed E-state index contributed by atoms with van der Waals surface area (Å²) in [6.07, 6.45) is 4.09. The van der Waals surface area contributed by atoms with Gasteiger partial charge in [0, 0.05) is 23.6 Å². The van der Waals surface area contributed by atoms with E-state index in [1.54, 1.807) is 67.0 Å². The van der Waals surface area contributed by atoms with E-state index in [1.165, 1.54) is 4.90 Å². The van der Waals surface area contributed by atoms with Crippen LogP contribution in [0.3, 0.4) is 0 Å². The number of nitrogens with zero attached hydrogens (tertiary/aromatic N) is 2. The SMILES string of the molecule is CCCOc1ccc(/C(O)=C2/C(=O)C(=O)N(c3ccc(OCc4ccccc4)cc3)C2c2cccnc2)cc1C. The minimum Gasteiger partial charge on any atom is -0.507 e. The van der Waals surface area contributed by atoms with Crippen molar-refractivity contribution in [1.29, 1.82) is 0 Å². The van der Waals surface area contributed by atoms with E-state index in [-0.39, 0.29) is 11.3 Å². The number of carbonyl (C=O) groups is 2. The molecule has 4 aromatic rings. The van der Waals surface area contributed by atoms with E-state index in [4.69, 9.17) is 9.47 Å². The Hall–Kier alpha value is -4.91. The third-order valence-corrected chi connectivity index (χ3v) is 6.72. The Morgan fingerprint density at radius 3 is 2.40 bits per heavy atom. The van der Waals surface area contributed by atoms with Gasteiger partial charge in [0.05, 0.1) is 18.2 Å². The number of ether oxygens (including phenoxy) is 2. The van der Waals surface area contributed by atoms with Crippen molar-refractivity contribution >= 4 is 23.1 Å². The Morgan fingerprint density at radius 2 is 1.73 bits per heavy atom. The van der Waals surface area contributed by atoms with Crippen LogP contribution >= 0.6 is 0 Å². The summed E-state index contributed by atoms with van der Waals surface area (Å²) in [5.41, 5.74) is 3.39. The van der Waals surface area contributed by atoms with Gasteiger partial charge in [-0.3, -0.25) is 19.5 Å². The molecule has 7 heteroatoms. The minimum absolute atomic E-state index is 0.00373. The Bertz CT molecular complexity index is 1530. The van der Waals surface area contributed by atoms with Crippen molar-refractivity contribution in [3.05, 3.63) is 125 Å². The third-order valence-electron chi connectivity index (χ3n) is 6.72. The first-order chi connectivity index (χ1) is 19.5. The first kappa shape index (κ1) is 26.7. The lowest BCUT2D eigenvalue weighted by atomic mass is 9.95. The second-order valence-corrected chi connectivity index (χ2v) is 9.55. The number of aliphatic hydroxyl groups is 1. The number of rotatable bonds is 9. The summed E-state index contributed by atoms with van der Waals surface area (Å²) in [7, 11) is 0. The van der Waals surface area contributed by atoms with Crippen LogP contribution in [0.2, 0.25) is 0 Å². The minimum atomic E-state index is -0.860. The molecule has 0 spiro atoms. The molecule has 5 rings (SSSR count). The summed E-state index contributed by atoms with van der Waals surface area (Å²) < 4.78 is 11.6. The maximum Gasteiger partial charge on any atom is 0.300 e. The second kappa shape index (κ2) is 11.9. The van der Waals surface area contributed by atoms with E-state index in [0.717, 1.165) is 17.5 Å². The zero-order valence-corrected chi connectivity index (χ0v) is 22.4. The highest BCUT2D eigenvalue weighted by Crippen LogP contribution is 2.42. The van der Waals surface area contributed by atoms with Crippen LogP contribution in [0.4, 0.5) is 5.69 Å². The van der Waals surface area contributed by atoms with E-state index in [9.17, 15) is 14.7 Å². The molecule has 1 unspecified atom stereocenters.